The van der Waals surface area contributed by atoms with E-state index in [4.69, 9.17) is 15.2 Å². The van der Waals surface area contributed by atoms with Gasteiger partial charge in [-0.1, -0.05) is 9.89 Å². The molecule has 0 aliphatic rings. The Kier molecular flexibility index (Phi) is 4.85. The first kappa shape index (κ1) is 15.2. The second kappa shape index (κ2) is 7.02. The molecule has 0 spiro atoms. The molecule has 1 aromatic heterocycles. The minimum Gasteiger partial charge on any atom is -0.493 e. The SMILES string of the molecule is COC(=O)COc1ccc(/C=N\n2nnnc2N)cc1OC. The van der Waals surface area contributed by atoms with Crippen molar-refractivity contribution in [3.63, 3.8) is 0 Å². The minimum atomic E-state index is -0.484. The highest BCUT2D eigenvalue weighted by Crippen LogP contribution is 2.27. The van der Waals surface area contributed by atoms with Crippen molar-refractivity contribution in [1.29, 1.82) is 0 Å². The molecule has 0 radical (unpaired) electrons. The second-order valence-corrected chi connectivity index (χ2v) is 3.95. The Balaban J connectivity index is 2.13. The molecule has 0 fully saturated rings. The van der Waals surface area contributed by atoms with E-state index in [0.29, 0.717) is 17.1 Å². The molecule has 0 aliphatic heterocycles. The Hall–Kier alpha value is -3.17. The Bertz CT molecular complexity index is 684. The van der Waals surface area contributed by atoms with Gasteiger partial charge in [-0.3, -0.25) is 0 Å². The number of anilines is 1. The maximum Gasteiger partial charge on any atom is 0.343 e. The molecule has 10 nitrogen and oxygen atoms in total. The first-order chi connectivity index (χ1) is 10.6. The molecule has 2 N–H and O–H groups in total. The van der Waals surface area contributed by atoms with Crippen LogP contribution in [-0.2, 0) is 9.53 Å². The lowest BCUT2D eigenvalue weighted by Crippen LogP contribution is -2.13. The van der Waals surface area contributed by atoms with Gasteiger partial charge in [0.25, 0.3) is 5.95 Å². The molecule has 0 bridgehead atoms. The maximum atomic E-state index is 11.1. The zero-order valence-electron chi connectivity index (χ0n) is 12.0. The predicted octanol–water partition coefficient (Wildman–Crippen LogP) is -0.302. The Morgan fingerprint density at radius 1 is 1.41 bits per heavy atom. The summed E-state index contributed by atoms with van der Waals surface area (Å²) in [5.41, 5.74) is 6.20. The molecule has 22 heavy (non-hydrogen) atoms. The van der Waals surface area contributed by atoms with Crippen molar-refractivity contribution in [2.45, 2.75) is 0 Å². The van der Waals surface area contributed by atoms with E-state index >= 15 is 0 Å². The van der Waals surface area contributed by atoms with E-state index in [9.17, 15) is 4.79 Å². The molecule has 1 aromatic carbocycles. The average Bonchev–Trinajstić information content (AvgIpc) is 2.95. The van der Waals surface area contributed by atoms with E-state index in [0.717, 1.165) is 4.79 Å². The number of aromatic nitrogens is 4. The van der Waals surface area contributed by atoms with Gasteiger partial charge in [0.05, 0.1) is 20.4 Å². The number of nitrogen functional groups attached to an aromatic ring is 1. The molecule has 0 atom stereocenters. The number of esters is 1. The summed E-state index contributed by atoms with van der Waals surface area (Å²) in [7, 11) is 2.77. The highest BCUT2D eigenvalue weighted by Gasteiger charge is 2.08. The van der Waals surface area contributed by atoms with Crippen LogP contribution in [0.2, 0.25) is 0 Å². The summed E-state index contributed by atoms with van der Waals surface area (Å²) < 4.78 is 15.0. The zero-order valence-corrected chi connectivity index (χ0v) is 12.0. The fraction of sp³-hybridized carbons (Fsp3) is 0.250. The number of rotatable bonds is 6. The van der Waals surface area contributed by atoms with Gasteiger partial charge < -0.3 is 19.9 Å². The van der Waals surface area contributed by atoms with Crippen LogP contribution in [0, 0.1) is 0 Å². The van der Waals surface area contributed by atoms with Gasteiger partial charge in [-0.2, -0.15) is 5.10 Å². The summed E-state index contributed by atoms with van der Waals surface area (Å²) in [4.78, 5) is 12.2. The van der Waals surface area contributed by atoms with Gasteiger partial charge in [0.15, 0.2) is 18.1 Å². The van der Waals surface area contributed by atoms with Gasteiger partial charge in [-0.15, -0.1) is 0 Å². The Labute approximate surface area is 125 Å². The first-order valence-electron chi connectivity index (χ1n) is 6.10. The van der Waals surface area contributed by atoms with Crippen molar-refractivity contribution in [1.82, 2.24) is 20.3 Å². The maximum absolute atomic E-state index is 11.1. The van der Waals surface area contributed by atoms with Gasteiger partial charge in [0.1, 0.15) is 0 Å². The number of ether oxygens (including phenoxy) is 3. The van der Waals surface area contributed by atoms with E-state index in [-0.39, 0.29) is 12.6 Å². The van der Waals surface area contributed by atoms with Crippen LogP contribution in [0.4, 0.5) is 5.95 Å². The van der Waals surface area contributed by atoms with Crippen LogP contribution in [-0.4, -0.2) is 53.3 Å². The number of tetrazole rings is 1. The summed E-state index contributed by atoms with van der Waals surface area (Å²) in [6.07, 6.45) is 1.50. The number of hydrogen-bond acceptors (Lipinski definition) is 9. The third kappa shape index (κ3) is 3.69. The largest absolute Gasteiger partial charge is 0.493 e. The molecule has 0 aliphatic carbocycles. The number of benzene rings is 1. The molecule has 1 heterocycles. The molecular weight excluding hydrogens is 292 g/mol. The van der Waals surface area contributed by atoms with Gasteiger partial charge in [0, 0.05) is 0 Å². The van der Waals surface area contributed by atoms with Crippen LogP contribution in [0.5, 0.6) is 11.5 Å². The van der Waals surface area contributed by atoms with Crippen molar-refractivity contribution >= 4 is 18.1 Å². The summed E-state index contributed by atoms with van der Waals surface area (Å²) in [5.74, 6) is 0.438. The van der Waals surface area contributed by atoms with Crippen molar-refractivity contribution in [3.05, 3.63) is 23.8 Å². The smallest absolute Gasteiger partial charge is 0.343 e. The predicted molar refractivity (Wildman–Crippen MR) is 75.7 cm³/mol. The number of hydrogen-bond donors (Lipinski definition) is 1. The van der Waals surface area contributed by atoms with Crippen molar-refractivity contribution in [3.8, 4) is 11.5 Å². The zero-order chi connectivity index (χ0) is 15.9. The van der Waals surface area contributed by atoms with E-state index < -0.39 is 5.97 Å². The summed E-state index contributed by atoms with van der Waals surface area (Å²) in [6.45, 7) is -0.207. The van der Waals surface area contributed by atoms with Gasteiger partial charge >= 0.3 is 5.97 Å². The molecule has 2 rings (SSSR count). The van der Waals surface area contributed by atoms with E-state index in [1.165, 1.54) is 20.4 Å². The van der Waals surface area contributed by atoms with Crippen LogP contribution in [0.25, 0.3) is 0 Å². The normalized spacial score (nSPS) is 10.6. The van der Waals surface area contributed by atoms with Crippen molar-refractivity contribution < 1.29 is 19.0 Å². The monoisotopic (exact) mass is 306 g/mol. The molecule has 116 valence electrons. The standard InChI is InChI=1S/C12H14N6O4/c1-20-10-5-8(6-14-18-12(13)15-16-17-18)3-4-9(10)22-7-11(19)21-2/h3-6H,7H2,1-2H3,(H2,13,15,17)/b14-6-. The average molecular weight is 306 g/mol. The van der Waals surface area contributed by atoms with Crippen LogP contribution in [0.15, 0.2) is 23.3 Å². The third-order valence-corrected chi connectivity index (χ3v) is 2.55. The molecule has 0 saturated heterocycles. The first-order valence-corrected chi connectivity index (χ1v) is 6.10. The summed E-state index contributed by atoms with van der Waals surface area (Å²) in [6, 6.07) is 5.04. The Morgan fingerprint density at radius 3 is 2.86 bits per heavy atom. The molecular formula is C12H14N6O4. The van der Waals surface area contributed by atoms with Gasteiger partial charge in [0.2, 0.25) is 0 Å². The molecule has 10 heteroatoms. The van der Waals surface area contributed by atoms with Crippen molar-refractivity contribution in [2.24, 2.45) is 5.10 Å². The highest BCUT2D eigenvalue weighted by atomic mass is 16.6. The molecule has 0 amide bonds. The number of nitrogens with two attached hydrogens (primary N) is 1. The fourth-order valence-corrected chi connectivity index (χ4v) is 1.47. The van der Waals surface area contributed by atoms with Crippen LogP contribution in [0.1, 0.15) is 5.56 Å². The summed E-state index contributed by atoms with van der Waals surface area (Å²) >= 11 is 0. The Morgan fingerprint density at radius 2 is 2.23 bits per heavy atom. The lowest BCUT2D eigenvalue weighted by molar-refractivity contribution is -0.142. The third-order valence-electron chi connectivity index (χ3n) is 2.55. The molecule has 2 aromatic rings. The van der Waals surface area contributed by atoms with Crippen LogP contribution < -0.4 is 15.2 Å². The number of carbonyl (C=O) groups excluding carboxylic acids is 1. The lowest BCUT2D eigenvalue weighted by atomic mass is 10.2. The quantitative estimate of drug-likeness (QED) is 0.569. The highest BCUT2D eigenvalue weighted by molar-refractivity contribution is 5.81. The number of nitrogens with zero attached hydrogens (tertiary/aromatic N) is 5. The number of carbonyl (C=O) groups is 1. The second-order valence-electron chi connectivity index (χ2n) is 3.95. The summed E-state index contributed by atoms with van der Waals surface area (Å²) in [5, 5.41) is 14.4. The van der Waals surface area contributed by atoms with Crippen LogP contribution >= 0.6 is 0 Å². The van der Waals surface area contributed by atoms with Gasteiger partial charge in [-0.05, 0) is 34.2 Å². The van der Waals surface area contributed by atoms with E-state index in [1.54, 1.807) is 18.2 Å². The lowest BCUT2D eigenvalue weighted by Gasteiger charge is -2.10. The molecule has 0 unspecified atom stereocenters. The fourth-order valence-electron chi connectivity index (χ4n) is 1.47. The molecule has 0 saturated carbocycles. The topological polar surface area (TPSA) is 127 Å². The minimum absolute atomic E-state index is 0.0706. The number of methoxy groups -OCH3 is 2. The van der Waals surface area contributed by atoms with Crippen LogP contribution in [0.3, 0.4) is 0 Å². The van der Waals surface area contributed by atoms with E-state index in [2.05, 4.69) is 25.4 Å². The van der Waals surface area contributed by atoms with E-state index in [1.807, 2.05) is 0 Å². The van der Waals surface area contributed by atoms with Gasteiger partial charge in [-0.25, -0.2) is 4.79 Å². The van der Waals surface area contributed by atoms with Crippen molar-refractivity contribution in [2.75, 3.05) is 26.6 Å².